The van der Waals surface area contributed by atoms with E-state index in [0.717, 1.165) is 18.4 Å². The second kappa shape index (κ2) is 7.75. The Morgan fingerprint density at radius 1 is 1.32 bits per heavy atom. The Kier molecular flexibility index (Phi) is 5.01. The molecule has 0 atom stereocenters. The molecule has 4 heterocycles. The predicted octanol–water partition coefficient (Wildman–Crippen LogP) is 2.15. The number of amides is 1. The van der Waals surface area contributed by atoms with Crippen LogP contribution in [0, 0.1) is 12.8 Å². The van der Waals surface area contributed by atoms with E-state index >= 15 is 0 Å². The first-order valence-electron chi connectivity index (χ1n) is 9.28. The molecule has 3 aromatic heterocycles. The molecule has 0 bridgehead atoms. The van der Waals surface area contributed by atoms with Crippen molar-refractivity contribution in [3.8, 4) is 11.3 Å². The summed E-state index contributed by atoms with van der Waals surface area (Å²) < 4.78 is 6.77. The molecule has 0 saturated carbocycles. The molecule has 0 radical (unpaired) electrons. The van der Waals surface area contributed by atoms with Gasteiger partial charge in [0.05, 0.1) is 12.0 Å². The third kappa shape index (κ3) is 3.85. The zero-order valence-corrected chi connectivity index (χ0v) is 15.6. The smallest absolute Gasteiger partial charge is 0.275 e. The molecule has 144 valence electrons. The van der Waals surface area contributed by atoms with Crippen molar-refractivity contribution in [2.24, 2.45) is 5.92 Å². The van der Waals surface area contributed by atoms with Gasteiger partial charge in [-0.2, -0.15) is 0 Å². The highest BCUT2D eigenvalue weighted by Gasteiger charge is 2.25. The van der Waals surface area contributed by atoms with Crippen LogP contribution in [0.2, 0.25) is 0 Å². The summed E-state index contributed by atoms with van der Waals surface area (Å²) in [7, 11) is 0. The molecular formula is C20H21N5O3. The van der Waals surface area contributed by atoms with Crippen LogP contribution in [0.4, 0.5) is 0 Å². The molecule has 0 aromatic carbocycles. The van der Waals surface area contributed by atoms with Crippen molar-refractivity contribution in [1.29, 1.82) is 0 Å². The zero-order chi connectivity index (χ0) is 19.5. The second-order valence-corrected chi connectivity index (χ2v) is 6.99. The van der Waals surface area contributed by atoms with Crippen LogP contribution < -0.4 is 5.56 Å². The molecule has 0 N–H and O–H groups in total. The van der Waals surface area contributed by atoms with Crippen molar-refractivity contribution < 1.29 is 9.21 Å². The van der Waals surface area contributed by atoms with E-state index in [1.807, 2.05) is 12.1 Å². The molecule has 1 fully saturated rings. The zero-order valence-electron chi connectivity index (χ0n) is 15.6. The lowest BCUT2D eigenvalue weighted by molar-refractivity contribution is 0.0676. The first-order valence-corrected chi connectivity index (χ1v) is 9.28. The summed E-state index contributed by atoms with van der Waals surface area (Å²) in [6.45, 7) is 3.61. The Morgan fingerprint density at radius 3 is 2.79 bits per heavy atom. The number of likely N-dealkylation sites (tertiary alicyclic amines) is 1. The van der Waals surface area contributed by atoms with Gasteiger partial charge in [-0.15, -0.1) is 0 Å². The highest BCUT2D eigenvalue weighted by molar-refractivity contribution is 5.92. The quantitative estimate of drug-likeness (QED) is 0.689. The van der Waals surface area contributed by atoms with E-state index in [1.54, 1.807) is 41.2 Å². The van der Waals surface area contributed by atoms with Crippen LogP contribution in [0.1, 0.15) is 29.2 Å². The number of aryl methyl sites for hydroxylation is 1. The lowest BCUT2D eigenvalue weighted by Gasteiger charge is -2.31. The normalized spacial score (nSPS) is 15.0. The number of aromatic nitrogens is 4. The molecule has 1 aliphatic heterocycles. The lowest BCUT2D eigenvalue weighted by atomic mass is 9.96. The largest absolute Gasteiger partial charge is 0.448 e. The highest BCUT2D eigenvalue weighted by Crippen LogP contribution is 2.20. The topological polar surface area (TPSA) is 94.1 Å². The molecule has 1 aliphatic rings. The van der Waals surface area contributed by atoms with Crippen LogP contribution in [0.3, 0.4) is 0 Å². The number of rotatable bonds is 4. The summed E-state index contributed by atoms with van der Waals surface area (Å²) in [5, 5.41) is 0. The minimum absolute atomic E-state index is 0.0783. The predicted molar refractivity (Wildman–Crippen MR) is 102 cm³/mol. The third-order valence-corrected chi connectivity index (χ3v) is 5.03. The molecule has 0 unspecified atom stereocenters. The van der Waals surface area contributed by atoms with Crippen LogP contribution >= 0.6 is 0 Å². The van der Waals surface area contributed by atoms with E-state index in [9.17, 15) is 9.59 Å². The third-order valence-electron chi connectivity index (χ3n) is 5.03. The molecule has 3 aromatic rings. The maximum atomic E-state index is 12.5. The molecule has 8 heteroatoms. The van der Waals surface area contributed by atoms with Gasteiger partial charge in [-0.3, -0.25) is 19.1 Å². The number of oxazole rings is 1. The van der Waals surface area contributed by atoms with Gasteiger partial charge < -0.3 is 9.32 Å². The van der Waals surface area contributed by atoms with Gasteiger partial charge in [0.15, 0.2) is 11.6 Å². The average molecular weight is 379 g/mol. The summed E-state index contributed by atoms with van der Waals surface area (Å²) in [4.78, 5) is 39.3. The van der Waals surface area contributed by atoms with Gasteiger partial charge in [-0.05, 0) is 30.9 Å². The monoisotopic (exact) mass is 379 g/mol. The number of hydrogen-bond acceptors (Lipinski definition) is 6. The Bertz CT molecular complexity index is 1020. The van der Waals surface area contributed by atoms with Crippen LogP contribution in [0.5, 0.6) is 0 Å². The fourth-order valence-electron chi connectivity index (χ4n) is 3.46. The van der Waals surface area contributed by atoms with Gasteiger partial charge in [-0.1, -0.05) is 0 Å². The van der Waals surface area contributed by atoms with Crippen molar-refractivity contribution >= 4 is 5.91 Å². The van der Waals surface area contributed by atoms with E-state index in [-0.39, 0.29) is 11.5 Å². The molecule has 1 saturated heterocycles. The van der Waals surface area contributed by atoms with Crippen molar-refractivity contribution in [2.75, 3.05) is 13.1 Å². The van der Waals surface area contributed by atoms with E-state index < -0.39 is 0 Å². The Labute approximate surface area is 161 Å². The van der Waals surface area contributed by atoms with Crippen molar-refractivity contribution in [3.05, 3.63) is 65.1 Å². The van der Waals surface area contributed by atoms with Crippen molar-refractivity contribution in [2.45, 2.75) is 26.3 Å². The van der Waals surface area contributed by atoms with Gasteiger partial charge in [0.1, 0.15) is 6.26 Å². The van der Waals surface area contributed by atoms with Gasteiger partial charge in [-0.25, -0.2) is 9.97 Å². The summed E-state index contributed by atoms with van der Waals surface area (Å²) >= 11 is 0. The van der Waals surface area contributed by atoms with Crippen LogP contribution in [0.15, 0.2) is 52.4 Å². The Balaban J connectivity index is 1.37. The van der Waals surface area contributed by atoms with E-state index in [2.05, 4.69) is 15.0 Å². The SMILES string of the molecule is Cc1nc(C(=O)N2CCC(Cn3cnc(-c4cccnc4)cc3=O)CC2)co1. The van der Waals surface area contributed by atoms with E-state index in [0.29, 0.717) is 42.8 Å². The molecule has 8 nitrogen and oxygen atoms in total. The fraction of sp³-hybridized carbons (Fsp3) is 0.350. The Hall–Kier alpha value is -3.29. The van der Waals surface area contributed by atoms with Gasteiger partial charge in [0, 0.05) is 50.6 Å². The van der Waals surface area contributed by atoms with Crippen LogP contribution in [-0.2, 0) is 6.54 Å². The molecule has 4 rings (SSSR count). The summed E-state index contributed by atoms with van der Waals surface area (Å²) in [5.74, 6) is 0.710. The first kappa shape index (κ1) is 18.1. The minimum Gasteiger partial charge on any atom is -0.448 e. The standard InChI is InChI=1S/C20H21N5O3/c1-14-23-18(12-28-14)20(27)24-7-4-15(5-8-24)11-25-13-22-17(9-19(25)26)16-3-2-6-21-10-16/h2-3,6,9-10,12-13,15H,4-5,7-8,11H2,1H3. The van der Waals surface area contributed by atoms with Crippen molar-refractivity contribution in [1.82, 2.24) is 24.4 Å². The minimum atomic E-state index is -0.102. The summed E-state index contributed by atoms with van der Waals surface area (Å²) in [6.07, 6.45) is 8.04. The number of nitrogens with zero attached hydrogens (tertiary/aromatic N) is 5. The highest BCUT2D eigenvalue weighted by atomic mass is 16.3. The van der Waals surface area contributed by atoms with Crippen LogP contribution in [-0.4, -0.2) is 43.4 Å². The lowest BCUT2D eigenvalue weighted by Crippen LogP contribution is -2.40. The summed E-state index contributed by atoms with van der Waals surface area (Å²) in [5.41, 5.74) is 1.71. The molecule has 0 aliphatic carbocycles. The number of carbonyl (C=O) groups is 1. The number of piperidine rings is 1. The maximum absolute atomic E-state index is 12.5. The van der Waals surface area contributed by atoms with Gasteiger partial charge >= 0.3 is 0 Å². The van der Waals surface area contributed by atoms with Gasteiger partial charge in [0.25, 0.3) is 11.5 Å². The number of pyridine rings is 1. The summed E-state index contributed by atoms with van der Waals surface area (Å²) in [6, 6.07) is 5.24. The molecule has 28 heavy (non-hydrogen) atoms. The molecule has 0 spiro atoms. The first-order chi connectivity index (χ1) is 13.6. The van der Waals surface area contributed by atoms with Gasteiger partial charge in [0.2, 0.25) is 0 Å². The number of carbonyl (C=O) groups excluding carboxylic acids is 1. The molecular weight excluding hydrogens is 358 g/mol. The van der Waals surface area contributed by atoms with Crippen LogP contribution in [0.25, 0.3) is 11.3 Å². The molecule has 1 amide bonds. The number of hydrogen-bond donors (Lipinski definition) is 0. The fourth-order valence-corrected chi connectivity index (χ4v) is 3.46. The van der Waals surface area contributed by atoms with E-state index in [1.165, 1.54) is 6.26 Å². The maximum Gasteiger partial charge on any atom is 0.275 e. The second-order valence-electron chi connectivity index (χ2n) is 6.99. The average Bonchev–Trinajstić information content (AvgIpc) is 3.16. The van der Waals surface area contributed by atoms with E-state index in [4.69, 9.17) is 4.42 Å². The van der Waals surface area contributed by atoms with Crippen molar-refractivity contribution in [3.63, 3.8) is 0 Å². The Morgan fingerprint density at radius 2 is 2.14 bits per heavy atom.